The first-order valence-electron chi connectivity index (χ1n) is 22.3. The number of halogens is 2. The molecule has 0 aliphatic carbocycles. The second-order valence-corrected chi connectivity index (χ2v) is 22.6. The first-order valence-corrected chi connectivity index (χ1v) is 28.7. The van der Waals surface area contributed by atoms with Crippen molar-refractivity contribution in [1.29, 1.82) is 0 Å². The monoisotopic (exact) mass is 1380 g/mol. The zero-order chi connectivity index (χ0) is 59.4. The maximum atomic E-state index is 12.6. The Morgan fingerprint density at radius 3 is 1.49 bits per heavy atom. The number of nitrogens with one attached hydrogen (secondary N) is 4. The molecule has 0 fully saturated rings. The average Bonchev–Trinajstić information content (AvgIpc) is 1.29. The summed E-state index contributed by atoms with van der Waals surface area (Å²) in [5.41, 5.74) is -0.857. The second-order valence-electron chi connectivity index (χ2n) is 16.3. The van der Waals surface area contributed by atoms with E-state index in [-0.39, 0.29) is 247 Å². The maximum Gasteiger partial charge on any atom is 1.00 e. The van der Waals surface area contributed by atoms with Gasteiger partial charge in [-0.2, -0.15) is 38.6 Å². The van der Waals surface area contributed by atoms with Gasteiger partial charge in [-0.25, -0.2) is 25.3 Å². The van der Waals surface area contributed by atoms with Gasteiger partial charge in [0.25, 0.3) is 0 Å². The van der Waals surface area contributed by atoms with E-state index >= 15 is 0 Å². The summed E-state index contributed by atoms with van der Waals surface area (Å²) in [5, 5.41) is 77.4. The van der Waals surface area contributed by atoms with Gasteiger partial charge in [0.1, 0.15) is 53.1 Å². The fourth-order valence-electron chi connectivity index (χ4n) is 7.62. The van der Waals surface area contributed by atoms with Crippen molar-refractivity contribution >= 4 is 168 Å². The van der Waals surface area contributed by atoms with Gasteiger partial charge in [0.05, 0.1) is 55.0 Å². The summed E-state index contributed by atoms with van der Waals surface area (Å²) in [4.78, 5) is 22.8. The fraction of sp³-hybridized carbons (Fsp3) is 0.0222. The van der Waals surface area contributed by atoms with Gasteiger partial charge < -0.3 is 55.7 Å². The molecule has 0 aliphatic heterocycles. The minimum absolute atomic E-state index is 0. The van der Waals surface area contributed by atoms with Gasteiger partial charge in [-0.15, -0.1) is 20.5 Å². The third-order valence-corrected chi connectivity index (χ3v) is 15.0. The number of hydrogen-bond acceptors (Lipinski definition) is 33. The van der Waals surface area contributed by atoms with Crippen LogP contribution in [0.2, 0.25) is 10.6 Å². The van der Waals surface area contributed by atoms with Crippen molar-refractivity contribution in [2.24, 2.45) is 20.5 Å². The standard InChI is InChI=1S/C45H32Cl2N14O17S5.5Na/c1-20-14-21-16-26(81(66,67)68)19-30(34(21)38(62)36(20)60-59-28-7-3-5-9-32(28)82(69,70)71)51-45-55-41(47)53-43(57-45)49-24-12-10-23(11-13-24)48-42-52-40(46)54-44(56-42)50-29-18-25(79-77-75-64)15-22-17-33(83(72,73)74)37(39(63)35(22)29)61-58-27-6-2-4-8-31(27)80-78-76-65;;;;;/h2-19,62-65H,1H3,(H,66,67,68)(H,69,70,71)(H,72,73,74)(H2,48,50,52,54,56)(H2,49,51,53,55,57);;;;;/q;5*+1/p-5. The summed E-state index contributed by atoms with van der Waals surface area (Å²) in [7, 11) is -15.5. The largest absolute Gasteiger partial charge is 1.00 e. The second kappa shape index (κ2) is 33.6. The molecule has 0 unspecified atom stereocenters. The predicted octanol–water partition coefficient (Wildman–Crippen LogP) is -6.61. The minimum Gasteiger partial charge on any atom is -0.744 e. The number of phenolic OH excluding ortho intramolecular Hbond substituents is 2. The van der Waals surface area contributed by atoms with Crippen molar-refractivity contribution in [1.82, 2.24) is 29.9 Å². The third kappa shape index (κ3) is 19.5. The van der Waals surface area contributed by atoms with E-state index in [0.29, 0.717) is 35.5 Å². The van der Waals surface area contributed by atoms with Crippen molar-refractivity contribution in [3.05, 3.63) is 125 Å². The molecule has 31 nitrogen and oxygen atoms in total. The Morgan fingerprint density at radius 2 is 0.955 bits per heavy atom. The normalized spacial score (nSPS) is 11.5. The number of azo groups is 2. The first kappa shape index (κ1) is 77.3. The Bertz CT molecular complexity index is 4480. The van der Waals surface area contributed by atoms with Gasteiger partial charge in [0.15, 0.2) is 11.5 Å². The number of nitrogens with zero attached hydrogens (tertiary/aromatic N) is 10. The van der Waals surface area contributed by atoms with E-state index in [2.05, 4.69) is 90.4 Å². The number of benzene rings is 7. The summed E-state index contributed by atoms with van der Waals surface area (Å²) in [5.74, 6) is -2.47. The summed E-state index contributed by atoms with van der Waals surface area (Å²) < 4.78 is 119. The number of rotatable bonds is 21. The van der Waals surface area contributed by atoms with Gasteiger partial charge in [0.2, 0.25) is 34.4 Å². The molecule has 6 N–H and O–H groups in total. The molecule has 9 aromatic rings. The Kier molecular flexibility index (Phi) is 29.5. The Morgan fingerprint density at radius 1 is 0.500 bits per heavy atom. The van der Waals surface area contributed by atoms with Crippen LogP contribution in [0.4, 0.5) is 69.3 Å². The molecule has 0 saturated heterocycles. The number of fused-ring (bicyclic) bond motifs is 2. The quantitative estimate of drug-likeness (QED) is 0.00973. The van der Waals surface area contributed by atoms with E-state index in [1.54, 1.807) is 6.07 Å². The molecule has 0 radical (unpaired) electrons. The molecule has 0 spiro atoms. The van der Waals surface area contributed by atoms with Gasteiger partial charge in [-0.1, -0.05) is 24.3 Å². The van der Waals surface area contributed by atoms with Crippen LogP contribution in [0.3, 0.4) is 0 Å². The first-order chi connectivity index (χ1) is 39.4. The minimum atomic E-state index is -5.40. The molecule has 2 aromatic heterocycles. The van der Waals surface area contributed by atoms with Gasteiger partial charge >= 0.3 is 148 Å². The Balaban J connectivity index is 0.00000331. The van der Waals surface area contributed by atoms with Crippen molar-refractivity contribution in [3.63, 3.8) is 0 Å². The molecule has 0 aliphatic rings. The molecule has 0 atom stereocenters. The zero-order valence-electron chi connectivity index (χ0n) is 45.7. The average molecular weight is 1380 g/mol. The number of hydrogen-bond donors (Lipinski definition) is 6. The number of phenols is 2. The van der Waals surface area contributed by atoms with Crippen LogP contribution in [0.1, 0.15) is 5.56 Å². The fourth-order valence-corrected chi connectivity index (χ4v) is 10.6. The summed E-state index contributed by atoms with van der Waals surface area (Å²) in [6.45, 7) is 1.46. The van der Waals surface area contributed by atoms with Crippen LogP contribution in [0, 0.1) is 6.92 Å². The molecule has 0 amide bonds. The number of aromatic nitrogens is 6. The van der Waals surface area contributed by atoms with Crippen molar-refractivity contribution in [2.45, 2.75) is 31.4 Å². The zero-order valence-corrected chi connectivity index (χ0v) is 61.3. The van der Waals surface area contributed by atoms with Gasteiger partial charge in [0, 0.05) is 27.0 Å². The van der Waals surface area contributed by atoms with E-state index in [9.17, 15) is 59.6 Å². The topological polar surface area (TPSA) is 470 Å². The molecular weight excluding hydrogens is 1350 g/mol. The van der Waals surface area contributed by atoms with E-state index in [4.69, 9.17) is 23.2 Å². The van der Waals surface area contributed by atoms with E-state index in [1.807, 2.05) is 0 Å². The van der Waals surface area contributed by atoms with Crippen LogP contribution in [-0.4, -0.2) is 79.0 Å². The SMILES string of the molecule is Cc1cc2cc(S(=O)(=O)[O-])cc(Nc3nc(Cl)nc(Nc4ccc(Nc5nc(Cl)nc(Nc6cc(SOO[O-])cc7cc(S(=O)(=O)[O-])c(N=Nc8ccccc8SOO[O-])c(O)c67)n5)cc4)n3)c2c(O)c1N=Nc1ccccc1S(=O)(=O)[O-].[Na+].[Na+].[Na+].[Na+].[Na+]. The van der Waals surface area contributed by atoms with Crippen LogP contribution >= 0.6 is 47.3 Å². The number of aromatic hydroxyl groups is 2. The van der Waals surface area contributed by atoms with Crippen LogP contribution in [-0.2, 0) is 49.1 Å². The van der Waals surface area contributed by atoms with E-state index < -0.39 is 62.2 Å². The van der Waals surface area contributed by atoms with Crippen molar-refractivity contribution in [2.75, 3.05) is 21.3 Å². The summed E-state index contributed by atoms with van der Waals surface area (Å²) in [6, 6.07) is 23.6. The molecule has 0 saturated carbocycles. The predicted molar refractivity (Wildman–Crippen MR) is 286 cm³/mol. The van der Waals surface area contributed by atoms with Crippen LogP contribution < -0.4 is 180 Å². The van der Waals surface area contributed by atoms with Crippen LogP contribution in [0.25, 0.3) is 21.5 Å². The smallest absolute Gasteiger partial charge is 0.744 e. The molecule has 43 heteroatoms. The molecule has 428 valence electrons. The van der Waals surface area contributed by atoms with Crippen molar-refractivity contribution in [3.8, 4) is 11.5 Å². The maximum absolute atomic E-state index is 12.6. The van der Waals surface area contributed by atoms with Crippen LogP contribution in [0.15, 0.2) is 154 Å². The molecular formula is C45H27Cl2N14Na5O17S5. The summed E-state index contributed by atoms with van der Waals surface area (Å²) in [6.07, 6.45) is 0. The van der Waals surface area contributed by atoms with E-state index in [0.717, 1.165) is 24.3 Å². The van der Waals surface area contributed by atoms with Crippen LogP contribution in [0.5, 0.6) is 11.5 Å². The number of anilines is 8. The Hall–Kier alpha value is -3.15. The van der Waals surface area contributed by atoms with Crippen molar-refractivity contribution < 1.29 is 226 Å². The molecule has 2 heterocycles. The third-order valence-electron chi connectivity index (χ3n) is 11.0. The molecule has 9 rings (SSSR count). The summed E-state index contributed by atoms with van der Waals surface area (Å²) >= 11 is 13.4. The molecule has 88 heavy (non-hydrogen) atoms. The van der Waals surface area contributed by atoms with Gasteiger partial charge in [-0.05, 0) is 131 Å². The van der Waals surface area contributed by atoms with Gasteiger partial charge in [-0.3, -0.25) is 10.1 Å². The Labute approximate surface area is 625 Å². The molecule has 7 aromatic carbocycles. The van der Waals surface area contributed by atoms with E-state index in [1.165, 1.54) is 85.8 Å². The molecule has 0 bridgehead atoms. The number of aryl methyl sites for hydroxylation is 1.